The first-order chi connectivity index (χ1) is 19.4. The molecule has 0 aliphatic carbocycles. The highest BCUT2D eigenvalue weighted by Gasteiger charge is 2.16. The van der Waals surface area contributed by atoms with Crippen LogP contribution >= 0.6 is 0 Å². The van der Waals surface area contributed by atoms with E-state index in [1.165, 1.54) is 57.8 Å². The normalized spacial score (nSPS) is 12.6. The predicted octanol–water partition coefficient (Wildman–Crippen LogP) is 2.66. The Morgan fingerprint density at radius 3 is 1.40 bits per heavy atom. The van der Waals surface area contributed by atoms with Crippen LogP contribution in [0.3, 0.4) is 0 Å². The van der Waals surface area contributed by atoms with E-state index in [0.29, 0.717) is 84.2 Å². The molecule has 0 heterocycles. The molecule has 0 fully saturated rings. The first kappa shape index (κ1) is 38.2. The van der Waals surface area contributed by atoms with Gasteiger partial charge < -0.3 is 38.5 Å². The van der Waals surface area contributed by atoms with E-state index in [0.717, 1.165) is 12.8 Å². The summed E-state index contributed by atoms with van der Waals surface area (Å²) < 4.78 is 0. The molecule has 40 heavy (non-hydrogen) atoms. The molecule has 10 nitrogen and oxygen atoms in total. The number of unbranched alkanes of at least 4 members (excludes halogenated alkanes) is 10. The second-order valence-corrected chi connectivity index (χ2v) is 11.0. The molecule has 2 atom stereocenters. The van der Waals surface area contributed by atoms with E-state index in [9.17, 15) is 14.4 Å². The van der Waals surface area contributed by atoms with Crippen molar-refractivity contribution in [2.75, 3.05) is 39.3 Å². The third-order valence-corrected chi connectivity index (χ3v) is 7.27. The minimum Gasteiger partial charge on any atom is -0.355 e. The van der Waals surface area contributed by atoms with Crippen molar-refractivity contribution in [2.45, 2.75) is 135 Å². The zero-order valence-electron chi connectivity index (χ0n) is 25.6. The summed E-state index contributed by atoms with van der Waals surface area (Å²) in [6.45, 7) is 5.30. The Morgan fingerprint density at radius 2 is 1.00 bits per heavy atom. The van der Waals surface area contributed by atoms with Gasteiger partial charge in [-0.25, -0.2) is 0 Å². The van der Waals surface area contributed by atoms with Crippen LogP contribution in [0.4, 0.5) is 0 Å². The summed E-state index contributed by atoms with van der Waals surface area (Å²) in [6, 6.07) is -1.11. The van der Waals surface area contributed by atoms with E-state index in [1.807, 2.05) is 4.90 Å². The van der Waals surface area contributed by atoms with Crippen molar-refractivity contribution >= 4 is 17.7 Å². The number of carbonyl (C=O) groups is 3. The van der Waals surface area contributed by atoms with Crippen LogP contribution in [-0.4, -0.2) is 74.0 Å². The number of amides is 3. The molecule has 3 amide bonds. The number of nitrogens with two attached hydrogens (primary N) is 4. The number of hydrogen-bond acceptors (Lipinski definition) is 7. The third kappa shape index (κ3) is 22.0. The van der Waals surface area contributed by atoms with Crippen molar-refractivity contribution in [1.82, 2.24) is 15.5 Å². The lowest BCUT2D eigenvalue weighted by Crippen LogP contribution is -2.43. The highest BCUT2D eigenvalue weighted by atomic mass is 16.2. The summed E-state index contributed by atoms with van der Waals surface area (Å²) in [5.41, 5.74) is 22.8. The minimum absolute atomic E-state index is 0.132. The summed E-state index contributed by atoms with van der Waals surface area (Å²) in [5, 5.41) is 5.73. The van der Waals surface area contributed by atoms with E-state index in [-0.39, 0.29) is 17.7 Å². The van der Waals surface area contributed by atoms with Gasteiger partial charge in [0.25, 0.3) is 0 Å². The Balaban J connectivity index is 4.42. The number of rotatable bonds is 28. The average molecular weight is 570 g/mol. The largest absolute Gasteiger partial charge is 0.355 e. The number of nitrogens with zero attached hydrogens (tertiary/aromatic N) is 1. The van der Waals surface area contributed by atoms with Crippen LogP contribution in [0, 0.1) is 0 Å². The molecule has 0 aromatic heterocycles. The Morgan fingerprint density at radius 1 is 0.600 bits per heavy atom. The summed E-state index contributed by atoms with van der Waals surface area (Å²) >= 11 is 0. The van der Waals surface area contributed by atoms with Crippen LogP contribution in [0.15, 0.2) is 0 Å². The van der Waals surface area contributed by atoms with E-state index >= 15 is 0 Å². The molecule has 0 aliphatic heterocycles. The van der Waals surface area contributed by atoms with Gasteiger partial charge in [0.15, 0.2) is 0 Å². The molecular formula is C30H63N7O3. The highest BCUT2D eigenvalue weighted by molar-refractivity contribution is 5.81. The van der Waals surface area contributed by atoms with Crippen LogP contribution in [0.1, 0.15) is 122 Å². The van der Waals surface area contributed by atoms with Crippen molar-refractivity contribution in [2.24, 2.45) is 22.9 Å². The second kappa shape index (κ2) is 27.4. The Labute approximate surface area is 244 Å². The molecule has 0 aromatic carbocycles. The SMILES string of the molecule is CCCCCCCCCCCCCC(=O)N(CCCNC(=O)[C@@H](N)CCCN)CCCNC(=O)[C@@H](N)CCCN. The Hall–Kier alpha value is -1.75. The van der Waals surface area contributed by atoms with E-state index in [2.05, 4.69) is 17.6 Å². The lowest BCUT2D eigenvalue weighted by atomic mass is 10.1. The molecule has 0 bridgehead atoms. The summed E-state index contributed by atoms with van der Waals surface area (Å²) in [4.78, 5) is 39.1. The number of nitrogens with one attached hydrogen (secondary N) is 2. The van der Waals surface area contributed by atoms with E-state index < -0.39 is 12.1 Å². The van der Waals surface area contributed by atoms with Gasteiger partial charge in [-0.1, -0.05) is 71.1 Å². The van der Waals surface area contributed by atoms with Crippen LogP contribution in [0.5, 0.6) is 0 Å². The molecule has 10 N–H and O–H groups in total. The van der Waals surface area contributed by atoms with Gasteiger partial charge in [0.2, 0.25) is 17.7 Å². The molecule has 10 heteroatoms. The third-order valence-electron chi connectivity index (χ3n) is 7.27. The van der Waals surface area contributed by atoms with Crippen molar-refractivity contribution in [1.29, 1.82) is 0 Å². The van der Waals surface area contributed by atoms with E-state index in [1.54, 1.807) is 0 Å². The fourth-order valence-electron chi connectivity index (χ4n) is 4.62. The quantitative estimate of drug-likeness (QED) is 0.0783. The topological polar surface area (TPSA) is 183 Å². The minimum atomic E-state index is -0.554. The van der Waals surface area contributed by atoms with Crippen LogP contribution in [-0.2, 0) is 14.4 Å². The highest BCUT2D eigenvalue weighted by Crippen LogP contribution is 2.12. The predicted molar refractivity (Wildman–Crippen MR) is 165 cm³/mol. The number of hydrogen-bond donors (Lipinski definition) is 6. The van der Waals surface area contributed by atoms with Crippen molar-refractivity contribution < 1.29 is 14.4 Å². The maximum Gasteiger partial charge on any atom is 0.236 e. The maximum absolute atomic E-state index is 13.0. The molecule has 0 unspecified atom stereocenters. The smallest absolute Gasteiger partial charge is 0.236 e. The summed E-state index contributed by atoms with van der Waals surface area (Å²) in [5.74, 6) is -0.227. The lowest BCUT2D eigenvalue weighted by Gasteiger charge is -2.23. The molecule has 0 aromatic rings. The molecule has 0 saturated heterocycles. The van der Waals surface area contributed by atoms with Crippen molar-refractivity contribution in [3.63, 3.8) is 0 Å². The van der Waals surface area contributed by atoms with Gasteiger partial charge in [0.05, 0.1) is 12.1 Å². The van der Waals surface area contributed by atoms with Crippen molar-refractivity contribution in [3.05, 3.63) is 0 Å². The standard InChI is InChI=1S/C30H63N7O3/c1-2-3-4-5-6-7-8-9-10-11-12-19-28(38)37(24-15-22-35-29(39)26(33)17-13-20-31)25-16-23-36-30(40)27(34)18-14-21-32/h26-27H,2-25,31-34H2,1H3,(H,35,39)(H,36,40)/t26-,27-/m0/s1. The molecule has 0 saturated carbocycles. The molecule has 0 spiro atoms. The monoisotopic (exact) mass is 569 g/mol. The zero-order valence-corrected chi connectivity index (χ0v) is 25.6. The maximum atomic E-state index is 13.0. The van der Waals surface area contributed by atoms with Gasteiger partial charge in [0.1, 0.15) is 0 Å². The second-order valence-electron chi connectivity index (χ2n) is 11.0. The van der Waals surface area contributed by atoms with Crippen LogP contribution in [0.2, 0.25) is 0 Å². The molecule has 0 radical (unpaired) electrons. The average Bonchev–Trinajstić information content (AvgIpc) is 2.95. The molecule has 0 aliphatic rings. The van der Waals surface area contributed by atoms with Crippen molar-refractivity contribution in [3.8, 4) is 0 Å². The fourth-order valence-corrected chi connectivity index (χ4v) is 4.62. The molecule has 0 rings (SSSR count). The van der Waals surface area contributed by atoms with Crippen LogP contribution in [0.25, 0.3) is 0 Å². The summed E-state index contributed by atoms with van der Waals surface area (Å²) in [6.07, 6.45) is 18.1. The first-order valence-corrected chi connectivity index (χ1v) is 16.1. The van der Waals surface area contributed by atoms with Gasteiger partial charge in [-0.15, -0.1) is 0 Å². The number of carbonyl (C=O) groups excluding carboxylic acids is 3. The van der Waals surface area contributed by atoms with Gasteiger partial charge in [-0.05, 0) is 58.0 Å². The van der Waals surface area contributed by atoms with Gasteiger partial charge in [-0.2, -0.15) is 0 Å². The van der Waals surface area contributed by atoms with Crippen LogP contribution < -0.4 is 33.6 Å². The first-order valence-electron chi connectivity index (χ1n) is 16.1. The summed E-state index contributed by atoms with van der Waals surface area (Å²) in [7, 11) is 0. The van der Waals surface area contributed by atoms with E-state index in [4.69, 9.17) is 22.9 Å². The van der Waals surface area contributed by atoms with Gasteiger partial charge in [-0.3, -0.25) is 14.4 Å². The molecule has 236 valence electrons. The zero-order chi connectivity index (χ0) is 29.8. The molecular weight excluding hydrogens is 506 g/mol. The fraction of sp³-hybridized carbons (Fsp3) is 0.900. The van der Waals surface area contributed by atoms with Gasteiger partial charge >= 0.3 is 0 Å². The Bertz CT molecular complexity index is 602. The lowest BCUT2D eigenvalue weighted by molar-refractivity contribution is -0.131. The Kier molecular flexibility index (Phi) is 26.2. The van der Waals surface area contributed by atoms with Gasteiger partial charge in [0, 0.05) is 32.6 Å².